The van der Waals surface area contributed by atoms with E-state index in [9.17, 15) is 0 Å². The standard InChI is InChI=1S/C17H16ClN5O/c18-13-4-1-3-12(11-13)15-21-17(24-22-15)14-5-2-6-20-16(14)23-9-7-19-8-10-23/h1-6,11,19H,7-10H2. The van der Waals surface area contributed by atoms with E-state index in [1.165, 1.54) is 0 Å². The van der Waals surface area contributed by atoms with Crippen LogP contribution in [-0.4, -0.2) is 41.3 Å². The highest BCUT2D eigenvalue weighted by atomic mass is 35.5. The minimum atomic E-state index is 0.464. The molecule has 1 aliphatic heterocycles. The van der Waals surface area contributed by atoms with Crippen LogP contribution in [0, 0.1) is 0 Å². The lowest BCUT2D eigenvalue weighted by Gasteiger charge is -2.29. The largest absolute Gasteiger partial charge is 0.353 e. The first-order valence-electron chi connectivity index (χ1n) is 7.82. The van der Waals surface area contributed by atoms with Gasteiger partial charge < -0.3 is 14.7 Å². The summed E-state index contributed by atoms with van der Waals surface area (Å²) >= 11 is 6.04. The molecule has 24 heavy (non-hydrogen) atoms. The molecule has 122 valence electrons. The minimum absolute atomic E-state index is 0.464. The fraction of sp³-hybridized carbons (Fsp3) is 0.235. The Labute approximate surface area is 144 Å². The van der Waals surface area contributed by atoms with Crippen molar-refractivity contribution in [3.63, 3.8) is 0 Å². The monoisotopic (exact) mass is 341 g/mol. The second-order valence-corrected chi connectivity index (χ2v) is 5.98. The Balaban J connectivity index is 1.70. The van der Waals surface area contributed by atoms with Gasteiger partial charge in [0.1, 0.15) is 5.82 Å². The quantitative estimate of drug-likeness (QED) is 0.790. The zero-order valence-corrected chi connectivity index (χ0v) is 13.7. The van der Waals surface area contributed by atoms with Crippen molar-refractivity contribution in [3.05, 3.63) is 47.6 Å². The molecule has 0 atom stereocenters. The van der Waals surface area contributed by atoms with Gasteiger partial charge in [0.05, 0.1) is 5.56 Å². The zero-order chi connectivity index (χ0) is 16.4. The van der Waals surface area contributed by atoms with Crippen LogP contribution in [0.5, 0.6) is 0 Å². The van der Waals surface area contributed by atoms with Gasteiger partial charge in [-0.1, -0.05) is 28.9 Å². The molecule has 1 aromatic carbocycles. The van der Waals surface area contributed by atoms with Crippen LogP contribution in [0.4, 0.5) is 5.82 Å². The van der Waals surface area contributed by atoms with Crippen LogP contribution in [0.2, 0.25) is 5.02 Å². The predicted octanol–water partition coefficient (Wildman–Crippen LogP) is 2.86. The maximum absolute atomic E-state index is 6.04. The molecule has 0 unspecified atom stereocenters. The van der Waals surface area contributed by atoms with Crippen molar-refractivity contribution in [2.24, 2.45) is 0 Å². The molecule has 2 aromatic heterocycles. The Morgan fingerprint density at radius 3 is 2.83 bits per heavy atom. The number of halogens is 1. The predicted molar refractivity (Wildman–Crippen MR) is 93.1 cm³/mol. The van der Waals surface area contributed by atoms with Crippen molar-refractivity contribution in [1.82, 2.24) is 20.4 Å². The number of nitrogens with zero attached hydrogens (tertiary/aromatic N) is 4. The van der Waals surface area contributed by atoms with E-state index in [1.54, 1.807) is 6.20 Å². The van der Waals surface area contributed by atoms with Crippen LogP contribution < -0.4 is 10.2 Å². The number of pyridine rings is 1. The van der Waals surface area contributed by atoms with Crippen LogP contribution >= 0.6 is 11.6 Å². The van der Waals surface area contributed by atoms with Crippen molar-refractivity contribution >= 4 is 17.4 Å². The third-order valence-electron chi connectivity index (χ3n) is 3.94. The van der Waals surface area contributed by atoms with Gasteiger partial charge in [-0.05, 0) is 24.3 Å². The third kappa shape index (κ3) is 2.98. The molecule has 1 aliphatic rings. The third-order valence-corrected chi connectivity index (χ3v) is 4.18. The van der Waals surface area contributed by atoms with Crippen LogP contribution in [0.25, 0.3) is 22.8 Å². The Bertz CT molecular complexity index is 844. The number of hydrogen-bond acceptors (Lipinski definition) is 6. The van der Waals surface area contributed by atoms with Crippen LogP contribution in [0.3, 0.4) is 0 Å². The molecule has 3 aromatic rings. The number of rotatable bonds is 3. The van der Waals surface area contributed by atoms with Gasteiger partial charge in [0, 0.05) is 43.0 Å². The van der Waals surface area contributed by atoms with E-state index in [0.717, 1.165) is 43.1 Å². The first-order valence-corrected chi connectivity index (χ1v) is 8.20. The van der Waals surface area contributed by atoms with Gasteiger partial charge >= 0.3 is 0 Å². The van der Waals surface area contributed by atoms with E-state index in [2.05, 4.69) is 25.3 Å². The van der Waals surface area contributed by atoms with Gasteiger partial charge in [0.15, 0.2) is 0 Å². The van der Waals surface area contributed by atoms with Crippen LogP contribution in [0.15, 0.2) is 47.1 Å². The smallest absolute Gasteiger partial charge is 0.261 e. The van der Waals surface area contributed by atoms with E-state index < -0.39 is 0 Å². The summed E-state index contributed by atoms with van der Waals surface area (Å²) < 4.78 is 5.49. The number of anilines is 1. The maximum Gasteiger partial charge on any atom is 0.261 e. The lowest BCUT2D eigenvalue weighted by atomic mass is 10.2. The average Bonchev–Trinajstić information content (AvgIpc) is 3.12. The second kappa shape index (κ2) is 6.59. The van der Waals surface area contributed by atoms with Crippen molar-refractivity contribution < 1.29 is 4.52 Å². The average molecular weight is 342 g/mol. The first kappa shape index (κ1) is 15.1. The normalized spacial score (nSPS) is 14.8. The van der Waals surface area contributed by atoms with Gasteiger partial charge in [0.2, 0.25) is 5.82 Å². The maximum atomic E-state index is 6.04. The summed E-state index contributed by atoms with van der Waals surface area (Å²) in [5, 5.41) is 8.07. The minimum Gasteiger partial charge on any atom is -0.353 e. The molecule has 3 heterocycles. The van der Waals surface area contributed by atoms with E-state index >= 15 is 0 Å². The van der Waals surface area contributed by atoms with Crippen molar-refractivity contribution in [1.29, 1.82) is 0 Å². The van der Waals surface area contributed by atoms with Crippen LogP contribution in [-0.2, 0) is 0 Å². The number of benzene rings is 1. The Morgan fingerprint density at radius 1 is 1.12 bits per heavy atom. The highest BCUT2D eigenvalue weighted by Crippen LogP contribution is 2.29. The van der Waals surface area contributed by atoms with E-state index in [4.69, 9.17) is 16.1 Å². The molecule has 1 saturated heterocycles. The lowest BCUT2D eigenvalue weighted by Crippen LogP contribution is -2.44. The summed E-state index contributed by atoms with van der Waals surface area (Å²) in [6, 6.07) is 11.2. The molecule has 0 bridgehead atoms. The molecule has 0 aliphatic carbocycles. The van der Waals surface area contributed by atoms with Crippen molar-refractivity contribution in [2.45, 2.75) is 0 Å². The second-order valence-electron chi connectivity index (χ2n) is 5.55. The number of hydrogen-bond donors (Lipinski definition) is 1. The summed E-state index contributed by atoms with van der Waals surface area (Å²) in [5.74, 6) is 1.86. The highest BCUT2D eigenvalue weighted by Gasteiger charge is 2.20. The summed E-state index contributed by atoms with van der Waals surface area (Å²) in [6.45, 7) is 3.68. The Hall–Kier alpha value is -2.44. The molecular formula is C17H16ClN5O. The van der Waals surface area contributed by atoms with Crippen molar-refractivity contribution in [2.75, 3.05) is 31.1 Å². The Morgan fingerprint density at radius 2 is 2.00 bits per heavy atom. The summed E-state index contributed by atoms with van der Waals surface area (Å²) in [6.07, 6.45) is 1.79. The number of piperazine rings is 1. The van der Waals surface area contributed by atoms with E-state index in [0.29, 0.717) is 16.7 Å². The fourth-order valence-corrected chi connectivity index (χ4v) is 2.96. The van der Waals surface area contributed by atoms with E-state index in [1.807, 2.05) is 36.4 Å². The SMILES string of the molecule is Clc1cccc(-c2noc(-c3cccnc3N3CCNCC3)n2)c1. The first-order chi connectivity index (χ1) is 11.8. The number of aromatic nitrogens is 3. The van der Waals surface area contributed by atoms with Gasteiger partial charge in [0.25, 0.3) is 5.89 Å². The molecule has 0 spiro atoms. The molecule has 1 fully saturated rings. The Kier molecular flexibility index (Phi) is 4.15. The van der Waals surface area contributed by atoms with Gasteiger partial charge in [-0.15, -0.1) is 0 Å². The van der Waals surface area contributed by atoms with Crippen LogP contribution in [0.1, 0.15) is 0 Å². The number of nitrogens with one attached hydrogen (secondary N) is 1. The van der Waals surface area contributed by atoms with E-state index in [-0.39, 0.29) is 0 Å². The zero-order valence-electron chi connectivity index (χ0n) is 12.9. The molecule has 0 saturated carbocycles. The van der Waals surface area contributed by atoms with Gasteiger partial charge in [-0.2, -0.15) is 4.98 Å². The molecule has 0 amide bonds. The topological polar surface area (TPSA) is 67.1 Å². The molecule has 6 nitrogen and oxygen atoms in total. The fourth-order valence-electron chi connectivity index (χ4n) is 2.77. The summed E-state index contributed by atoms with van der Waals surface area (Å²) in [4.78, 5) is 11.3. The molecule has 7 heteroatoms. The molecular weight excluding hydrogens is 326 g/mol. The summed E-state index contributed by atoms with van der Waals surface area (Å²) in [7, 11) is 0. The molecule has 4 rings (SSSR count). The summed E-state index contributed by atoms with van der Waals surface area (Å²) in [5.41, 5.74) is 1.67. The van der Waals surface area contributed by atoms with Crippen molar-refractivity contribution in [3.8, 4) is 22.8 Å². The highest BCUT2D eigenvalue weighted by molar-refractivity contribution is 6.30. The molecule has 0 radical (unpaired) electrons. The molecule has 1 N–H and O–H groups in total. The van der Waals surface area contributed by atoms with Gasteiger partial charge in [-0.25, -0.2) is 4.98 Å². The van der Waals surface area contributed by atoms with Gasteiger partial charge in [-0.3, -0.25) is 0 Å². The lowest BCUT2D eigenvalue weighted by molar-refractivity contribution is 0.432.